The molecule has 2 aliphatic rings. The summed E-state index contributed by atoms with van der Waals surface area (Å²) in [6, 6.07) is 14.0. The van der Waals surface area contributed by atoms with Crippen LogP contribution < -0.4 is 15.4 Å². The zero-order valence-corrected chi connectivity index (χ0v) is 24.5. The summed E-state index contributed by atoms with van der Waals surface area (Å²) in [5, 5.41) is 19.3. The van der Waals surface area contributed by atoms with E-state index in [1.165, 1.54) is 30.7 Å². The lowest BCUT2D eigenvalue weighted by atomic mass is 10.0. The summed E-state index contributed by atoms with van der Waals surface area (Å²) in [5.74, 6) is -1.20. The lowest BCUT2D eigenvalue weighted by molar-refractivity contribution is -0.138. The summed E-state index contributed by atoms with van der Waals surface area (Å²) in [7, 11) is -4.16. The van der Waals surface area contributed by atoms with E-state index in [0.29, 0.717) is 12.8 Å². The first-order valence-electron chi connectivity index (χ1n) is 14.5. The summed E-state index contributed by atoms with van der Waals surface area (Å²) < 4.78 is 27.9. The van der Waals surface area contributed by atoms with Gasteiger partial charge in [-0.3, -0.25) is 9.59 Å². The third-order valence-electron chi connectivity index (χ3n) is 7.53. The van der Waals surface area contributed by atoms with Crippen molar-refractivity contribution in [1.29, 1.82) is 0 Å². The average Bonchev–Trinajstić information content (AvgIpc) is 3.66. The van der Waals surface area contributed by atoms with E-state index in [0.717, 1.165) is 55.0 Å². The summed E-state index contributed by atoms with van der Waals surface area (Å²) in [5.41, 5.74) is 4.29. The third-order valence-corrected chi connectivity index (χ3v) is 9.02. The van der Waals surface area contributed by atoms with Crippen LogP contribution in [0.3, 0.4) is 0 Å². The Morgan fingerprint density at radius 3 is 2.51 bits per heavy atom. The number of unbranched alkanes of at least 4 members (excludes halogenated alkanes) is 1. The van der Waals surface area contributed by atoms with Gasteiger partial charge in [0.05, 0.1) is 10.6 Å². The van der Waals surface area contributed by atoms with Gasteiger partial charge in [-0.1, -0.05) is 47.6 Å². The molecule has 43 heavy (non-hydrogen) atoms. The molecule has 1 amide bonds. The normalized spacial score (nSPS) is 16.9. The Kier molecular flexibility index (Phi) is 9.72. The zero-order valence-electron chi connectivity index (χ0n) is 23.7. The van der Waals surface area contributed by atoms with Crippen LogP contribution in [0.1, 0.15) is 49.9 Å². The van der Waals surface area contributed by atoms with Crippen molar-refractivity contribution in [2.24, 2.45) is 5.16 Å². The molecule has 1 aliphatic heterocycles. The number of carboxylic acid groups (broad SMARTS) is 1. The molecule has 13 heteroatoms. The van der Waals surface area contributed by atoms with Gasteiger partial charge in [0.25, 0.3) is 5.91 Å². The molecule has 5 N–H and O–H groups in total. The van der Waals surface area contributed by atoms with Gasteiger partial charge in [0, 0.05) is 25.2 Å². The number of sulfonamides is 1. The maximum atomic E-state index is 12.9. The van der Waals surface area contributed by atoms with Gasteiger partial charge in [-0.25, -0.2) is 13.4 Å². The quantitative estimate of drug-likeness (QED) is 0.173. The monoisotopic (exact) mass is 608 g/mol. The van der Waals surface area contributed by atoms with E-state index >= 15 is 0 Å². The van der Waals surface area contributed by atoms with Crippen LogP contribution in [0.5, 0.6) is 0 Å². The molecule has 0 saturated heterocycles. The molecule has 0 fully saturated rings. The molecule has 2 unspecified atom stereocenters. The number of rotatable bonds is 14. The molecule has 0 radical (unpaired) electrons. The second-order valence-electron chi connectivity index (χ2n) is 10.7. The second-order valence-corrected chi connectivity index (χ2v) is 12.4. The van der Waals surface area contributed by atoms with Crippen molar-refractivity contribution in [3.05, 3.63) is 66.0 Å². The van der Waals surface area contributed by atoms with Crippen LogP contribution in [0.25, 0.3) is 11.1 Å². The van der Waals surface area contributed by atoms with Crippen molar-refractivity contribution in [3.63, 3.8) is 0 Å². The number of H-pyrrole nitrogens is 1. The number of fused-ring (bicyclic) bond motifs is 1. The highest BCUT2D eigenvalue weighted by molar-refractivity contribution is 7.89. The Labute approximate surface area is 250 Å². The SMILES string of the molecule is O=C(NCC(NS(=O)(=O)c1ccc(-c2ccccc2)cc1)C(=O)O)C1=NOC(CCCCNc2nc3c([nH]2)CCCC3)C1. The Bertz CT molecular complexity index is 1530. The van der Waals surface area contributed by atoms with Gasteiger partial charge in [-0.15, -0.1) is 0 Å². The minimum Gasteiger partial charge on any atom is -0.480 e. The maximum Gasteiger partial charge on any atom is 0.323 e. The number of benzene rings is 2. The maximum absolute atomic E-state index is 12.9. The fraction of sp³-hybridized carbons (Fsp3) is 0.400. The second kappa shape index (κ2) is 13.8. The van der Waals surface area contributed by atoms with Gasteiger partial charge in [0.15, 0.2) is 0 Å². The fourth-order valence-corrected chi connectivity index (χ4v) is 6.34. The number of carbonyl (C=O) groups is 2. The highest BCUT2D eigenvalue weighted by atomic mass is 32.2. The number of carbonyl (C=O) groups excluding carboxylic acids is 1. The van der Waals surface area contributed by atoms with E-state index in [2.05, 4.69) is 30.5 Å². The average molecular weight is 609 g/mol. The smallest absolute Gasteiger partial charge is 0.323 e. The molecule has 0 bridgehead atoms. The Hall–Kier alpha value is -4.23. The number of amides is 1. The zero-order chi connectivity index (χ0) is 30.2. The molecule has 2 aromatic carbocycles. The number of nitrogens with zero attached hydrogens (tertiary/aromatic N) is 2. The lowest BCUT2D eigenvalue weighted by Crippen LogP contribution is -2.49. The first-order chi connectivity index (χ1) is 20.8. The molecular formula is C30H36N6O6S. The highest BCUT2D eigenvalue weighted by Crippen LogP contribution is 2.22. The molecule has 1 aromatic heterocycles. The number of nitrogens with one attached hydrogen (secondary N) is 4. The number of hydrogen-bond acceptors (Lipinski definition) is 8. The topological polar surface area (TPSA) is 175 Å². The van der Waals surface area contributed by atoms with Crippen molar-refractivity contribution in [1.82, 2.24) is 20.0 Å². The molecule has 0 saturated carbocycles. The van der Waals surface area contributed by atoms with Crippen molar-refractivity contribution in [3.8, 4) is 11.1 Å². The van der Waals surface area contributed by atoms with Gasteiger partial charge in [-0.05, 0) is 68.2 Å². The Morgan fingerprint density at radius 1 is 1.02 bits per heavy atom. The molecule has 2 heterocycles. The van der Waals surface area contributed by atoms with E-state index in [1.54, 1.807) is 12.1 Å². The largest absolute Gasteiger partial charge is 0.480 e. The number of aromatic amines is 1. The van der Waals surface area contributed by atoms with Crippen LogP contribution in [0.15, 0.2) is 64.6 Å². The highest BCUT2D eigenvalue weighted by Gasteiger charge is 2.29. The van der Waals surface area contributed by atoms with E-state index in [4.69, 9.17) is 4.84 Å². The summed E-state index contributed by atoms with van der Waals surface area (Å²) in [4.78, 5) is 37.7. The van der Waals surface area contributed by atoms with Crippen molar-refractivity contribution < 1.29 is 28.0 Å². The fourth-order valence-electron chi connectivity index (χ4n) is 5.15. The predicted octanol–water partition coefficient (Wildman–Crippen LogP) is 3.23. The van der Waals surface area contributed by atoms with Crippen LogP contribution in [-0.4, -0.2) is 66.3 Å². The minimum atomic E-state index is -4.16. The number of aliphatic carboxylic acids is 1. The first-order valence-corrected chi connectivity index (χ1v) is 16.0. The molecule has 3 aromatic rings. The standard InChI is InChI=1S/C30H36N6O6S/c37-28(26-18-22(42-35-26)10-6-7-17-31-30-33-24-11-4-5-12-25(24)34-30)32-19-27(29(38)39)36-43(40,41)23-15-13-21(14-16-23)20-8-2-1-3-9-20/h1-3,8-9,13-16,22,27,36H,4-7,10-12,17-19H2,(H,32,37)(H,38,39)(H2,31,33,34). The van der Waals surface area contributed by atoms with Gasteiger partial charge >= 0.3 is 5.97 Å². The van der Waals surface area contributed by atoms with Crippen LogP contribution >= 0.6 is 0 Å². The number of carboxylic acids is 1. The minimum absolute atomic E-state index is 0.0837. The molecule has 2 atom stereocenters. The van der Waals surface area contributed by atoms with E-state index < -0.39 is 34.5 Å². The number of aromatic nitrogens is 2. The Balaban J connectivity index is 1.03. The number of oxime groups is 1. The Morgan fingerprint density at radius 2 is 1.77 bits per heavy atom. The number of imidazole rings is 1. The van der Waals surface area contributed by atoms with Crippen molar-refractivity contribution in [2.75, 3.05) is 18.4 Å². The van der Waals surface area contributed by atoms with Crippen LogP contribution in [0.2, 0.25) is 0 Å². The van der Waals surface area contributed by atoms with Crippen molar-refractivity contribution >= 4 is 33.6 Å². The van der Waals surface area contributed by atoms with E-state index in [-0.39, 0.29) is 16.7 Å². The molecular weight excluding hydrogens is 572 g/mol. The van der Waals surface area contributed by atoms with Crippen molar-refractivity contribution in [2.45, 2.75) is 68.4 Å². The summed E-state index contributed by atoms with van der Waals surface area (Å²) in [6.07, 6.45) is 6.96. The third kappa shape index (κ3) is 7.99. The van der Waals surface area contributed by atoms with Crippen LogP contribution in [0, 0.1) is 0 Å². The summed E-state index contributed by atoms with van der Waals surface area (Å²) >= 11 is 0. The molecule has 228 valence electrons. The number of aryl methyl sites for hydroxylation is 2. The number of anilines is 1. The summed E-state index contributed by atoms with van der Waals surface area (Å²) in [6.45, 7) is 0.304. The molecule has 12 nitrogen and oxygen atoms in total. The molecule has 1 aliphatic carbocycles. The predicted molar refractivity (Wildman–Crippen MR) is 161 cm³/mol. The van der Waals surface area contributed by atoms with Gasteiger partial charge in [-0.2, -0.15) is 4.72 Å². The van der Waals surface area contributed by atoms with Gasteiger partial charge in [0.1, 0.15) is 17.9 Å². The van der Waals surface area contributed by atoms with E-state index in [9.17, 15) is 23.1 Å². The van der Waals surface area contributed by atoms with Gasteiger partial charge in [0.2, 0.25) is 16.0 Å². The molecule has 5 rings (SSSR count). The van der Waals surface area contributed by atoms with Crippen LogP contribution in [0.4, 0.5) is 5.95 Å². The van der Waals surface area contributed by atoms with Gasteiger partial charge < -0.3 is 25.6 Å². The van der Waals surface area contributed by atoms with Crippen LogP contribution in [-0.2, 0) is 37.3 Å². The number of hydrogen-bond donors (Lipinski definition) is 5. The van der Waals surface area contributed by atoms with E-state index in [1.807, 2.05) is 30.3 Å². The first kappa shape index (κ1) is 30.2. The lowest BCUT2D eigenvalue weighted by Gasteiger charge is -2.16. The molecule has 0 spiro atoms.